The molecule has 0 amide bonds. The highest BCUT2D eigenvalue weighted by atomic mass is 32.1. The molecule has 1 nitrogen and oxygen atoms in total. The van der Waals surface area contributed by atoms with Crippen molar-refractivity contribution in [1.29, 1.82) is 0 Å². The molecule has 10 rings (SSSR count). The van der Waals surface area contributed by atoms with Gasteiger partial charge >= 0.3 is 0 Å². The molecular weight excluding hydrogens is 553 g/mol. The molecule has 10 aromatic rings. The summed E-state index contributed by atoms with van der Waals surface area (Å²) in [5.41, 5.74) is 6.92. The summed E-state index contributed by atoms with van der Waals surface area (Å²) in [5, 5.41) is 12.4. The van der Waals surface area contributed by atoms with Gasteiger partial charge in [0.15, 0.2) is 0 Å². The summed E-state index contributed by atoms with van der Waals surface area (Å²) in [4.78, 5) is 0. The van der Waals surface area contributed by atoms with Gasteiger partial charge in [-0.05, 0) is 73.5 Å². The van der Waals surface area contributed by atoms with Gasteiger partial charge in [-0.2, -0.15) is 0 Å². The summed E-state index contributed by atoms with van der Waals surface area (Å²) in [6.07, 6.45) is 0. The van der Waals surface area contributed by atoms with E-state index in [0.29, 0.717) is 0 Å². The van der Waals surface area contributed by atoms with Crippen LogP contribution < -0.4 is 0 Å². The van der Waals surface area contributed by atoms with Crippen LogP contribution >= 0.6 is 11.3 Å². The van der Waals surface area contributed by atoms with Crippen molar-refractivity contribution in [3.8, 4) is 22.3 Å². The summed E-state index contributed by atoms with van der Waals surface area (Å²) in [5.74, 6) is 0. The predicted molar refractivity (Wildman–Crippen MR) is 190 cm³/mol. The fraction of sp³-hybridized carbons (Fsp3) is 0. The number of rotatable bonds is 2. The molecule has 0 saturated heterocycles. The highest BCUT2D eigenvalue weighted by molar-refractivity contribution is 7.25. The maximum atomic E-state index is 6.47. The van der Waals surface area contributed by atoms with Crippen molar-refractivity contribution in [3.05, 3.63) is 146 Å². The Morgan fingerprint density at radius 2 is 0.909 bits per heavy atom. The van der Waals surface area contributed by atoms with Gasteiger partial charge in [0.1, 0.15) is 11.2 Å². The van der Waals surface area contributed by atoms with E-state index in [4.69, 9.17) is 4.42 Å². The van der Waals surface area contributed by atoms with Gasteiger partial charge in [0, 0.05) is 36.3 Å². The fourth-order valence-corrected chi connectivity index (χ4v) is 8.51. The topological polar surface area (TPSA) is 13.1 Å². The van der Waals surface area contributed by atoms with E-state index in [2.05, 4.69) is 140 Å². The number of thiophene rings is 1. The molecule has 8 aromatic carbocycles. The maximum absolute atomic E-state index is 6.47. The molecule has 0 spiro atoms. The van der Waals surface area contributed by atoms with E-state index in [-0.39, 0.29) is 0 Å². The van der Waals surface area contributed by atoms with Gasteiger partial charge in [0.2, 0.25) is 0 Å². The van der Waals surface area contributed by atoms with Crippen molar-refractivity contribution in [3.63, 3.8) is 0 Å². The Hall–Kier alpha value is -5.44. The zero-order valence-corrected chi connectivity index (χ0v) is 24.5. The number of benzene rings is 8. The average molecular weight is 577 g/mol. The van der Waals surface area contributed by atoms with Gasteiger partial charge in [-0.1, -0.05) is 121 Å². The Bertz CT molecular complexity index is 2720. The summed E-state index contributed by atoms with van der Waals surface area (Å²) >= 11 is 1.88. The van der Waals surface area contributed by atoms with Crippen LogP contribution in [0.15, 0.2) is 150 Å². The Kier molecular flexibility index (Phi) is 4.94. The second-order valence-electron chi connectivity index (χ2n) is 11.6. The quantitative estimate of drug-likeness (QED) is 0.187. The van der Waals surface area contributed by atoms with Crippen molar-refractivity contribution in [2.45, 2.75) is 0 Å². The molecule has 2 heteroatoms. The van der Waals surface area contributed by atoms with Crippen LogP contribution in [0.25, 0.3) is 96.7 Å². The summed E-state index contributed by atoms with van der Waals surface area (Å²) in [6.45, 7) is 0. The van der Waals surface area contributed by atoms with E-state index in [9.17, 15) is 0 Å². The van der Waals surface area contributed by atoms with Crippen molar-refractivity contribution < 1.29 is 4.42 Å². The Labute approximate surface area is 257 Å². The molecule has 0 aliphatic heterocycles. The van der Waals surface area contributed by atoms with Crippen molar-refractivity contribution in [2.75, 3.05) is 0 Å². The third-order valence-electron chi connectivity index (χ3n) is 9.25. The van der Waals surface area contributed by atoms with Crippen LogP contribution in [0.4, 0.5) is 0 Å². The largest absolute Gasteiger partial charge is 0.455 e. The summed E-state index contributed by atoms with van der Waals surface area (Å²) in [6, 6.07) is 53.1. The zero-order valence-electron chi connectivity index (χ0n) is 23.7. The van der Waals surface area contributed by atoms with E-state index < -0.39 is 0 Å². The van der Waals surface area contributed by atoms with Crippen LogP contribution in [-0.2, 0) is 0 Å². The lowest BCUT2D eigenvalue weighted by Gasteiger charge is -2.19. The summed E-state index contributed by atoms with van der Waals surface area (Å²) in [7, 11) is 0. The second-order valence-corrected chi connectivity index (χ2v) is 12.7. The smallest absolute Gasteiger partial charge is 0.143 e. The minimum Gasteiger partial charge on any atom is -0.455 e. The van der Waals surface area contributed by atoms with E-state index in [0.717, 1.165) is 27.3 Å². The van der Waals surface area contributed by atoms with E-state index in [1.807, 2.05) is 17.4 Å². The molecule has 204 valence electrons. The third kappa shape index (κ3) is 3.29. The third-order valence-corrected chi connectivity index (χ3v) is 10.4. The average Bonchev–Trinajstić information content (AvgIpc) is 3.65. The molecule has 2 heterocycles. The minimum atomic E-state index is 0.923. The molecule has 0 saturated carbocycles. The number of hydrogen-bond donors (Lipinski definition) is 0. The van der Waals surface area contributed by atoms with Crippen molar-refractivity contribution >= 4 is 85.8 Å². The standard InChI is InChI=1S/C42H24OS/c1-6-18-34-26(11-1)35(24-36-27-12-7-9-19-37(27)43-42(34)36)41-32-16-4-2-14-30(32)40(31-15-3-5-17-33(31)41)25-21-22-29-28-13-8-10-20-38(28)44-39(29)23-25/h1-24H. The molecule has 2 aromatic heterocycles. The molecule has 0 fully saturated rings. The van der Waals surface area contributed by atoms with Gasteiger partial charge in [-0.25, -0.2) is 0 Å². The molecule has 0 radical (unpaired) electrons. The fourth-order valence-electron chi connectivity index (χ4n) is 7.36. The number of hydrogen-bond acceptors (Lipinski definition) is 2. The van der Waals surface area contributed by atoms with Crippen LogP contribution in [-0.4, -0.2) is 0 Å². The normalized spacial score (nSPS) is 12.1. The monoisotopic (exact) mass is 576 g/mol. The lowest BCUT2D eigenvalue weighted by Crippen LogP contribution is -1.92. The second kappa shape index (κ2) is 9.03. The molecule has 0 bridgehead atoms. The first-order chi connectivity index (χ1) is 21.8. The van der Waals surface area contributed by atoms with Gasteiger partial charge in [-0.15, -0.1) is 11.3 Å². The van der Waals surface area contributed by atoms with E-state index >= 15 is 0 Å². The highest BCUT2D eigenvalue weighted by Gasteiger charge is 2.21. The van der Waals surface area contributed by atoms with Crippen molar-refractivity contribution in [1.82, 2.24) is 0 Å². The van der Waals surface area contributed by atoms with E-state index in [1.54, 1.807) is 0 Å². The molecule has 0 atom stereocenters. The Morgan fingerprint density at radius 1 is 0.364 bits per heavy atom. The Balaban J connectivity index is 1.35. The van der Waals surface area contributed by atoms with Crippen LogP contribution in [0, 0.1) is 0 Å². The van der Waals surface area contributed by atoms with Gasteiger partial charge < -0.3 is 4.42 Å². The molecule has 44 heavy (non-hydrogen) atoms. The highest BCUT2D eigenvalue weighted by Crippen LogP contribution is 2.48. The molecule has 0 unspecified atom stereocenters. The van der Waals surface area contributed by atoms with Crippen LogP contribution in [0.5, 0.6) is 0 Å². The SMILES string of the molecule is c1ccc2c(c1)oc1c3ccccc3c(-c3c4ccccc4c(-c4ccc5c(c4)sc4ccccc45)c4ccccc34)cc21. The molecule has 0 aliphatic carbocycles. The van der Waals surface area contributed by atoms with Crippen LogP contribution in [0.3, 0.4) is 0 Å². The number of para-hydroxylation sites is 1. The predicted octanol–water partition coefficient (Wildman–Crippen LogP) is 12.7. The molecule has 0 aliphatic rings. The van der Waals surface area contributed by atoms with Crippen molar-refractivity contribution in [2.24, 2.45) is 0 Å². The van der Waals surface area contributed by atoms with Crippen LogP contribution in [0.1, 0.15) is 0 Å². The van der Waals surface area contributed by atoms with Gasteiger partial charge in [-0.3, -0.25) is 0 Å². The molecule has 0 N–H and O–H groups in total. The lowest BCUT2D eigenvalue weighted by atomic mass is 9.84. The summed E-state index contributed by atoms with van der Waals surface area (Å²) < 4.78 is 9.12. The number of fused-ring (bicyclic) bond motifs is 10. The number of furan rings is 1. The lowest BCUT2D eigenvalue weighted by molar-refractivity contribution is 0.672. The maximum Gasteiger partial charge on any atom is 0.143 e. The first-order valence-corrected chi connectivity index (χ1v) is 15.8. The van der Waals surface area contributed by atoms with Crippen LogP contribution in [0.2, 0.25) is 0 Å². The van der Waals surface area contributed by atoms with E-state index in [1.165, 1.54) is 69.4 Å². The zero-order chi connectivity index (χ0) is 28.8. The Morgan fingerprint density at radius 3 is 1.64 bits per heavy atom. The molecular formula is C42H24OS. The first-order valence-electron chi connectivity index (χ1n) is 15.0. The van der Waals surface area contributed by atoms with Gasteiger partial charge in [0.25, 0.3) is 0 Å². The van der Waals surface area contributed by atoms with Gasteiger partial charge in [0.05, 0.1) is 0 Å². The first kappa shape index (κ1) is 24.0. The minimum absolute atomic E-state index is 0.923.